The van der Waals surface area contributed by atoms with Crippen LogP contribution < -0.4 is 5.32 Å². The van der Waals surface area contributed by atoms with E-state index < -0.39 is 0 Å². The van der Waals surface area contributed by atoms with Gasteiger partial charge in [0.05, 0.1) is 6.07 Å². The molecule has 0 aliphatic carbocycles. The van der Waals surface area contributed by atoms with Crippen LogP contribution in [0, 0.1) is 11.3 Å². The molecule has 0 unspecified atom stereocenters. The maximum Gasteiger partial charge on any atom is 0.126 e. The van der Waals surface area contributed by atoms with Gasteiger partial charge in [0.2, 0.25) is 0 Å². The zero-order chi connectivity index (χ0) is 12.5. The van der Waals surface area contributed by atoms with E-state index in [1.807, 2.05) is 12.3 Å². The SMILES string of the molecule is CCNc1cc(CN(CC)CCC#N)ccn1. The van der Waals surface area contributed by atoms with Gasteiger partial charge >= 0.3 is 0 Å². The smallest absolute Gasteiger partial charge is 0.126 e. The summed E-state index contributed by atoms with van der Waals surface area (Å²) < 4.78 is 0. The first kappa shape index (κ1) is 13.5. The highest BCUT2D eigenvalue weighted by molar-refractivity contribution is 5.37. The standard InChI is InChI=1S/C13H20N4/c1-3-15-13-10-12(6-8-16-13)11-17(4-2)9-5-7-14/h6,8,10H,3-5,9,11H2,1-2H3,(H,15,16). The molecule has 0 bridgehead atoms. The maximum absolute atomic E-state index is 8.59. The van der Waals surface area contributed by atoms with Crippen LogP contribution in [-0.4, -0.2) is 29.5 Å². The molecule has 4 heteroatoms. The molecule has 92 valence electrons. The van der Waals surface area contributed by atoms with Gasteiger partial charge in [0.1, 0.15) is 5.82 Å². The van der Waals surface area contributed by atoms with Crippen LogP contribution >= 0.6 is 0 Å². The van der Waals surface area contributed by atoms with Crippen molar-refractivity contribution in [3.8, 4) is 6.07 Å². The molecule has 0 amide bonds. The predicted molar refractivity (Wildman–Crippen MR) is 69.6 cm³/mol. The Hall–Kier alpha value is -1.60. The third-order valence-electron chi connectivity index (χ3n) is 2.58. The molecule has 0 saturated carbocycles. The zero-order valence-corrected chi connectivity index (χ0v) is 10.6. The van der Waals surface area contributed by atoms with E-state index >= 15 is 0 Å². The van der Waals surface area contributed by atoms with Crippen LogP contribution in [0.3, 0.4) is 0 Å². The van der Waals surface area contributed by atoms with Gasteiger partial charge in [-0.15, -0.1) is 0 Å². The molecule has 0 spiro atoms. The molecule has 0 atom stereocenters. The van der Waals surface area contributed by atoms with Crippen molar-refractivity contribution in [3.63, 3.8) is 0 Å². The van der Waals surface area contributed by atoms with Gasteiger partial charge in [-0.1, -0.05) is 6.92 Å². The summed E-state index contributed by atoms with van der Waals surface area (Å²) in [5, 5.41) is 11.8. The van der Waals surface area contributed by atoms with Crippen LogP contribution in [0.15, 0.2) is 18.3 Å². The highest BCUT2D eigenvalue weighted by atomic mass is 15.1. The summed E-state index contributed by atoms with van der Waals surface area (Å²) in [6.07, 6.45) is 2.41. The van der Waals surface area contributed by atoms with E-state index in [1.54, 1.807) is 0 Å². The number of pyridine rings is 1. The van der Waals surface area contributed by atoms with Crippen molar-refractivity contribution in [1.29, 1.82) is 5.26 Å². The number of aromatic nitrogens is 1. The monoisotopic (exact) mass is 232 g/mol. The Labute approximate surface area is 103 Å². The first-order chi connectivity index (χ1) is 8.30. The Bertz CT molecular complexity index is 370. The summed E-state index contributed by atoms with van der Waals surface area (Å²) in [5.41, 5.74) is 1.23. The topological polar surface area (TPSA) is 52.0 Å². The first-order valence-electron chi connectivity index (χ1n) is 6.08. The van der Waals surface area contributed by atoms with Crippen molar-refractivity contribution in [2.45, 2.75) is 26.8 Å². The molecule has 0 aliphatic rings. The molecular formula is C13H20N4. The highest BCUT2D eigenvalue weighted by Gasteiger charge is 2.04. The van der Waals surface area contributed by atoms with Crippen LogP contribution in [0.25, 0.3) is 0 Å². The molecule has 0 radical (unpaired) electrons. The predicted octanol–water partition coefficient (Wildman–Crippen LogP) is 2.25. The van der Waals surface area contributed by atoms with Crippen LogP contribution in [0.1, 0.15) is 25.8 Å². The largest absolute Gasteiger partial charge is 0.370 e. The van der Waals surface area contributed by atoms with Crippen molar-refractivity contribution in [2.75, 3.05) is 25.0 Å². The summed E-state index contributed by atoms with van der Waals surface area (Å²) in [7, 11) is 0. The molecule has 4 nitrogen and oxygen atoms in total. The van der Waals surface area contributed by atoms with E-state index in [9.17, 15) is 0 Å². The van der Waals surface area contributed by atoms with Crippen molar-refractivity contribution in [3.05, 3.63) is 23.9 Å². The van der Waals surface area contributed by atoms with E-state index in [-0.39, 0.29) is 0 Å². The van der Waals surface area contributed by atoms with Gasteiger partial charge in [0.25, 0.3) is 0 Å². The maximum atomic E-state index is 8.59. The average molecular weight is 232 g/mol. The van der Waals surface area contributed by atoms with Gasteiger partial charge in [-0.25, -0.2) is 4.98 Å². The summed E-state index contributed by atoms with van der Waals surface area (Å²) in [5.74, 6) is 0.918. The fourth-order valence-corrected chi connectivity index (χ4v) is 1.67. The van der Waals surface area contributed by atoms with Gasteiger partial charge in [-0.2, -0.15) is 5.26 Å². The van der Waals surface area contributed by atoms with Gasteiger partial charge in [-0.05, 0) is 31.2 Å². The lowest BCUT2D eigenvalue weighted by Crippen LogP contribution is -2.23. The zero-order valence-electron chi connectivity index (χ0n) is 10.6. The van der Waals surface area contributed by atoms with E-state index in [1.165, 1.54) is 5.56 Å². The second-order valence-corrected chi connectivity index (χ2v) is 3.86. The summed E-state index contributed by atoms with van der Waals surface area (Å²) in [6, 6.07) is 6.28. The van der Waals surface area contributed by atoms with Crippen LogP contribution in [0.2, 0.25) is 0 Å². The number of nitrogens with zero attached hydrogens (tertiary/aromatic N) is 3. The van der Waals surface area contributed by atoms with Crippen molar-refractivity contribution in [1.82, 2.24) is 9.88 Å². The van der Waals surface area contributed by atoms with Crippen molar-refractivity contribution < 1.29 is 0 Å². The number of anilines is 1. The molecule has 17 heavy (non-hydrogen) atoms. The van der Waals surface area contributed by atoms with Gasteiger partial charge in [0.15, 0.2) is 0 Å². The first-order valence-corrected chi connectivity index (χ1v) is 6.08. The van der Waals surface area contributed by atoms with E-state index in [0.29, 0.717) is 6.42 Å². The minimum Gasteiger partial charge on any atom is -0.370 e. The van der Waals surface area contributed by atoms with Crippen LogP contribution in [0.5, 0.6) is 0 Å². The van der Waals surface area contributed by atoms with Gasteiger partial charge in [-0.3, -0.25) is 4.90 Å². The highest BCUT2D eigenvalue weighted by Crippen LogP contribution is 2.09. The molecule has 1 rings (SSSR count). The average Bonchev–Trinajstić information content (AvgIpc) is 2.35. The molecular weight excluding hydrogens is 212 g/mol. The second kappa shape index (κ2) is 7.64. The van der Waals surface area contributed by atoms with Crippen LogP contribution in [-0.2, 0) is 6.54 Å². The Balaban J connectivity index is 2.59. The minimum atomic E-state index is 0.582. The molecule has 0 aliphatic heterocycles. The number of hydrogen-bond acceptors (Lipinski definition) is 4. The van der Waals surface area contributed by atoms with Crippen molar-refractivity contribution >= 4 is 5.82 Å². The van der Waals surface area contributed by atoms with E-state index in [2.05, 4.69) is 41.2 Å². The number of nitriles is 1. The normalized spacial score (nSPS) is 10.2. The third kappa shape index (κ3) is 4.83. The molecule has 0 aromatic carbocycles. The molecule has 1 aromatic heterocycles. The van der Waals surface area contributed by atoms with Gasteiger partial charge < -0.3 is 5.32 Å². The van der Waals surface area contributed by atoms with Crippen molar-refractivity contribution in [2.24, 2.45) is 0 Å². The second-order valence-electron chi connectivity index (χ2n) is 3.86. The fourth-order valence-electron chi connectivity index (χ4n) is 1.67. The third-order valence-corrected chi connectivity index (χ3v) is 2.58. The minimum absolute atomic E-state index is 0.582. The van der Waals surface area contributed by atoms with E-state index in [4.69, 9.17) is 5.26 Å². The molecule has 1 N–H and O–H groups in total. The molecule has 1 heterocycles. The Morgan fingerprint density at radius 1 is 1.47 bits per heavy atom. The Kier molecular flexibility index (Phi) is 6.05. The Morgan fingerprint density at radius 3 is 2.94 bits per heavy atom. The quantitative estimate of drug-likeness (QED) is 0.783. The van der Waals surface area contributed by atoms with Crippen LogP contribution in [0.4, 0.5) is 5.82 Å². The lowest BCUT2D eigenvalue weighted by molar-refractivity contribution is 0.286. The Morgan fingerprint density at radius 2 is 2.29 bits per heavy atom. The number of hydrogen-bond donors (Lipinski definition) is 1. The summed E-state index contributed by atoms with van der Waals surface area (Å²) >= 11 is 0. The molecule has 1 aromatic rings. The lowest BCUT2D eigenvalue weighted by atomic mass is 10.2. The van der Waals surface area contributed by atoms with Gasteiger partial charge in [0, 0.05) is 32.3 Å². The number of nitrogens with one attached hydrogen (secondary N) is 1. The summed E-state index contributed by atoms with van der Waals surface area (Å²) in [4.78, 5) is 6.50. The lowest BCUT2D eigenvalue weighted by Gasteiger charge is -2.19. The summed E-state index contributed by atoms with van der Waals surface area (Å²) in [6.45, 7) is 7.71. The molecule has 0 saturated heterocycles. The number of rotatable bonds is 7. The van der Waals surface area contributed by atoms with E-state index in [0.717, 1.165) is 32.0 Å². The molecule has 0 fully saturated rings. The fraction of sp³-hybridized carbons (Fsp3) is 0.538.